The Morgan fingerprint density at radius 3 is 2.62 bits per heavy atom. The van der Waals surface area contributed by atoms with Crippen LogP contribution in [0.15, 0.2) is 18.2 Å². The molecule has 0 bridgehead atoms. The fraction of sp³-hybridized carbons (Fsp3) is 0.467. The maximum absolute atomic E-state index is 12.3. The van der Waals surface area contributed by atoms with E-state index < -0.39 is 12.1 Å². The molecule has 0 saturated carbocycles. The molecule has 1 aliphatic heterocycles. The van der Waals surface area contributed by atoms with E-state index in [0.29, 0.717) is 32.1 Å². The van der Waals surface area contributed by atoms with Gasteiger partial charge in [0.25, 0.3) is 5.91 Å². The van der Waals surface area contributed by atoms with Crippen molar-refractivity contribution >= 4 is 11.9 Å². The molecule has 1 fully saturated rings. The first-order valence-corrected chi connectivity index (χ1v) is 6.86. The summed E-state index contributed by atoms with van der Waals surface area (Å²) in [5.74, 6) is -0.713. The van der Waals surface area contributed by atoms with Gasteiger partial charge < -0.3 is 19.5 Å². The van der Waals surface area contributed by atoms with Crippen molar-refractivity contribution in [3.63, 3.8) is 0 Å². The Morgan fingerprint density at radius 1 is 1.33 bits per heavy atom. The number of aromatic carboxylic acids is 1. The van der Waals surface area contributed by atoms with E-state index in [1.54, 1.807) is 17.9 Å². The van der Waals surface area contributed by atoms with E-state index in [0.717, 1.165) is 5.56 Å². The Kier molecular flexibility index (Phi) is 4.80. The lowest BCUT2D eigenvalue weighted by molar-refractivity contribution is -0.142. The van der Waals surface area contributed by atoms with Gasteiger partial charge in [0, 0.05) is 13.1 Å². The molecule has 21 heavy (non-hydrogen) atoms. The monoisotopic (exact) mass is 293 g/mol. The number of morpholine rings is 1. The zero-order chi connectivity index (χ0) is 15.4. The van der Waals surface area contributed by atoms with E-state index >= 15 is 0 Å². The Bertz CT molecular complexity index is 537. The van der Waals surface area contributed by atoms with Crippen LogP contribution in [0.25, 0.3) is 0 Å². The van der Waals surface area contributed by atoms with E-state index in [2.05, 4.69) is 0 Å². The second kappa shape index (κ2) is 6.58. The number of carbonyl (C=O) groups excluding carboxylic acids is 1. The van der Waals surface area contributed by atoms with Crippen LogP contribution in [0.1, 0.15) is 22.8 Å². The highest BCUT2D eigenvalue weighted by molar-refractivity contribution is 5.88. The van der Waals surface area contributed by atoms with E-state index in [-0.39, 0.29) is 11.5 Å². The summed E-state index contributed by atoms with van der Waals surface area (Å²) in [6, 6.07) is 4.63. The number of nitrogens with zero attached hydrogens (tertiary/aromatic N) is 1. The molecule has 1 unspecified atom stereocenters. The number of carbonyl (C=O) groups is 2. The molecule has 0 radical (unpaired) electrons. The molecule has 0 aliphatic carbocycles. The molecule has 6 nitrogen and oxygen atoms in total. The average molecular weight is 293 g/mol. The van der Waals surface area contributed by atoms with E-state index in [4.69, 9.17) is 14.6 Å². The molecule has 114 valence electrons. The Hall–Kier alpha value is -2.08. The molecule has 0 aromatic heterocycles. The van der Waals surface area contributed by atoms with E-state index in [1.165, 1.54) is 12.1 Å². The molecule has 1 aromatic rings. The highest BCUT2D eigenvalue weighted by Crippen LogP contribution is 2.21. The summed E-state index contributed by atoms with van der Waals surface area (Å²) in [6.07, 6.45) is -0.661. The number of amides is 1. The number of hydrogen-bond acceptors (Lipinski definition) is 4. The SMILES string of the molecule is Cc1ccc(C(=O)O)cc1OC(C)C(=O)N1CCOCC1. The maximum Gasteiger partial charge on any atom is 0.335 e. The van der Waals surface area contributed by atoms with Crippen LogP contribution in [0.5, 0.6) is 5.75 Å². The zero-order valence-electron chi connectivity index (χ0n) is 12.2. The van der Waals surface area contributed by atoms with Crippen molar-refractivity contribution in [1.82, 2.24) is 4.90 Å². The third kappa shape index (κ3) is 3.72. The number of aryl methyl sites for hydroxylation is 1. The summed E-state index contributed by atoms with van der Waals surface area (Å²) in [5, 5.41) is 9.00. The predicted octanol–water partition coefficient (Wildman–Crippen LogP) is 1.32. The van der Waals surface area contributed by atoms with Crippen LogP contribution in [0, 0.1) is 6.92 Å². The van der Waals surface area contributed by atoms with Gasteiger partial charge in [0.15, 0.2) is 6.10 Å². The topological polar surface area (TPSA) is 76.1 Å². The normalized spacial score (nSPS) is 16.4. The average Bonchev–Trinajstić information content (AvgIpc) is 2.49. The molecule has 0 spiro atoms. The second-order valence-electron chi connectivity index (χ2n) is 4.98. The summed E-state index contributed by atoms with van der Waals surface area (Å²) in [6.45, 7) is 5.66. The van der Waals surface area contributed by atoms with Crippen molar-refractivity contribution in [2.24, 2.45) is 0 Å². The quantitative estimate of drug-likeness (QED) is 0.906. The summed E-state index contributed by atoms with van der Waals surface area (Å²) in [7, 11) is 0. The fourth-order valence-electron chi connectivity index (χ4n) is 2.14. The van der Waals surface area contributed by atoms with Gasteiger partial charge in [-0.3, -0.25) is 4.79 Å². The molecule has 1 amide bonds. The van der Waals surface area contributed by atoms with Crippen LogP contribution >= 0.6 is 0 Å². The summed E-state index contributed by atoms with van der Waals surface area (Å²) in [4.78, 5) is 24.9. The van der Waals surface area contributed by atoms with Gasteiger partial charge >= 0.3 is 5.97 Å². The third-order valence-electron chi connectivity index (χ3n) is 3.41. The van der Waals surface area contributed by atoms with Crippen LogP contribution in [0.4, 0.5) is 0 Å². The smallest absolute Gasteiger partial charge is 0.335 e. The van der Waals surface area contributed by atoms with Crippen LogP contribution < -0.4 is 4.74 Å². The predicted molar refractivity (Wildman–Crippen MR) is 75.6 cm³/mol. The number of carboxylic acid groups (broad SMARTS) is 1. The van der Waals surface area contributed by atoms with Gasteiger partial charge in [0.2, 0.25) is 0 Å². The number of hydrogen-bond donors (Lipinski definition) is 1. The third-order valence-corrected chi connectivity index (χ3v) is 3.41. The van der Waals surface area contributed by atoms with Crippen LogP contribution in [0.3, 0.4) is 0 Å². The molecular weight excluding hydrogens is 274 g/mol. The van der Waals surface area contributed by atoms with E-state index in [9.17, 15) is 9.59 Å². The number of carboxylic acids is 1. The second-order valence-corrected chi connectivity index (χ2v) is 4.98. The summed E-state index contributed by atoms with van der Waals surface area (Å²) >= 11 is 0. The Labute approximate surface area is 123 Å². The summed E-state index contributed by atoms with van der Waals surface area (Å²) < 4.78 is 10.9. The summed E-state index contributed by atoms with van der Waals surface area (Å²) in [5.41, 5.74) is 0.934. The van der Waals surface area contributed by atoms with Crippen molar-refractivity contribution in [3.8, 4) is 5.75 Å². The molecule has 6 heteroatoms. The molecule has 1 aliphatic rings. The highest BCUT2D eigenvalue weighted by Gasteiger charge is 2.24. The lowest BCUT2D eigenvalue weighted by Crippen LogP contribution is -2.46. The van der Waals surface area contributed by atoms with Gasteiger partial charge in [0.05, 0.1) is 18.8 Å². The first kappa shape index (κ1) is 15.3. The van der Waals surface area contributed by atoms with E-state index in [1.807, 2.05) is 6.92 Å². The molecule has 1 aromatic carbocycles. The first-order valence-electron chi connectivity index (χ1n) is 6.86. The number of benzene rings is 1. The largest absolute Gasteiger partial charge is 0.481 e. The lowest BCUT2D eigenvalue weighted by Gasteiger charge is -2.29. The van der Waals surface area contributed by atoms with Gasteiger partial charge in [-0.2, -0.15) is 0 Å². The fourth-order valence-corrected chi connectivity index (χ4v) is 2.14. The standard InChI is InChI=1S/C15H19NO5/c1-10-3-4-12(15(18)19)9-13(10)21-11(2)14(17)16-5-7-20-8-6-16/h3-4,9,11H,5-8H2,1-2H3,(H,18,19). The van der Waals surface area contributed by atoms with Crippen LogP contribution in [0.2, 0.25) is 0 Å². The van der Waals surface area contributed by atoms with Crippen molar-refractivity contribution in [2.45, 2.75) is 20.0 Å². The first-order chi connectivity index (χ1) is 9.99. The molecular formula is C15H19NO5. The number of ether oxygens (including phenoxy) is 2. The number of rotatable bonds is 4. The van der Waals surface area contributed by atoms with Crippen molar-refractivity contribution in [2.75, 3.05) is 26.3 Å². The van der Waals surface area contributed by atoms with Gasteiger partial charge in [-0.25, -0.2) is 4.79 Å². The lowest BCUT2D eigenvalue weighted by atomic mass is 10.1. The van der Waals surface area contributed by atoms with Gasteiger partial charge in [-0.1, -0.05) is 6.07 Å². The van der Waals surface area contributed by atoms with Crippen molar-refractivity contribution in [1.29, 1.82) is 0 Å². The minimum Gasteiger partial charge on any atom is -0.481 e. The maximum atomic E-state index is 12.3. The molecule has 1 saturated heterocycles. The van der Waals surface area contributed by atoms with Crippen LogP contribution in [-0.4, -0.2) is 54.3 Å². The van der Waals surface area contributed by atoms with Crippen LogP contribution in [-0.2, 0) is 9.53 Å². The Balaban J connectivity index is 2.07. The zero-order valence-corrected chi connectivity index (χ0v) is 12.2. The van der Waals surface area contributed by atoms with Gasteiger partial charge in [0.1, 0.15) is 5.75 Å². The van der Waals surface area contributed by atoms with Crippen molar-refractivity contribution in [3.05, 3.63) is 29.3 Å². The highest BCUT2D eigenvalue weighted by atomic mass is 16.5. The Morgan fingerprint density at radius 2 is 2.00 bits per heavy atom. The molecule has 2 rings (SSSR count). The minimum atomic E-state index is -1.02. The van der Waals surface area contributed by atoms with Crippen molar-refractivity contribution < 1.29 is 24.2 Å². The van der Waals surface area contributed by atoms with Gasteiger partial charge in [-0.05, 0) is 31.5 Å². The minimum absolute atomic E-state index is 0.113. The molecule has 1 N–H and O–H groups in total. The molecule has 1 heterocycles. The molecule has 1 atom stereocenters. The van der Waals surface area contributed by atoms with Gasteiger partial charge in [-0.15, -0.1) is 0 Å².